The maximum absolute atomic E-state index is 13.0. The zero-order valence-electron chi connectivity index (χ0n) is 19.4. The maximum atomic E-state index is 13.0. The molecule has 0 aromatic carbocycles. The molecule has 18 heteroatoms. The molecule has 0 unspecified atom stereocenters. The number of rotatable bonds is 10. The topological polar surface area (TPSA) is 232 Å². The Kier molecular flexibility index (Phi) is 7.72. The van der Waals surface area contributed by atoms with Gasteiger partial charge in [0.15, 0.2) is 17.5 Å². The Bertz CT molecular complexity index is 1480. The molecule has 5 N–H and O–H groups in total. The number of carboxylic acid groups (broad SMARTS) is 1. The van der Waals surface area contributed by atoms with Gasteiger partial charge in [-0.2, -0.15) is 0 Å². The first-order valence-electron chi connectivity index (χ1n) is 10.6. The third-order valence-electron chi connectivity index (χ3n) is 5.28. The molecule has 2 aliphatic rings. The van der Waals surface area contributed by atoms with Crippen molar-refractivity contribution in [2.45, 2.75) is 16.6 Å². The Morgan fingerprint density at radius 2 is 2.16 bits per heavy atom. The Balaban J connectivity index is 1.50. The van der Waals surface area contributed by atoms with Crippen molar-refractivity contribution in [3.63, 3.8) is 0 Å². The Morgan fingerprint density at radius 1 is 1.39 bits per heavy atom. The first kappa shape index (κ1) is 26.7. The number of amides is 3. The molecule has 2 aromatic heterocycles. The van der Waals surface area contributed by atoms with Crippen LogP contribution < -0.4 is 22.2 Å². The zero-order valence-corrected chi connectivity index (χ0v) is 21.0. The number of carbonyl (C=O) groups is 4. The molecule has 2 atom stereocenters. The number of primary amides is 1. The van der Waals surface area contributed by atoms with Crippen LogP contribution in [0.1, 0.15) is 5.76 Å². The maximum Gasteiger partial charge on any atom is 0.352 e. The van der Waals surface area contributed by atoms with E-state index in [1.54, 1.807) is 0 Å². The average molecular weight is 566 g/mol. The van der Waals surface area contributed by atoms with Gasteiger partial charge in [0.1, 0.15) is 17.1 Å². The summed E-state index contributed by atoms with van der Waals surface area (Å²) in [5.41, 5.74) is 3.09. The lowest BCUT2D eigenvalue weighted by molar-refractivity contribution is -0.150. The highest BCUT2D eigenvalue weighted by Crippen LogP contribution is 2.41. The molecule has 4 rings (SSSR count). The molecule has 3 amide bonds. The number of hydrogen-bond donors (Lipinski definition) is 4. The second-order valence-electron chi connectivity index (χ2n) is 7.76. The second kappa shape index (κ2) is 11.0. The molecular formula is C20H19N7O9S2. The minimum absolute atomic E-state index is 0.00240. The van der Waals surface area contributed by atoms with Gasteiger partial charge >= 0.3 is 17.1 Å². The van der Waals surface area contributed by atoms with Crippen molar-refractivity contribution in [1.29, 1.82) is 0 Å². The van der Waals surface area contributed by atoms with Crippen molar-refractivity contribution in [3.8, 4) is 0 Å². The van der Waals surface area contributed by atoms with Gasteiger partial charge in [0.25, 0.3) is 17.7 Å². The zero-order chi connectivity index (χ0) is 27.6. The number of nitrogens with two attached hydrogens (primary N) is 1. The summed E-state index contributed by atoms with van der Waals surface area (Å²) in [5, 5.41) is 21.3. The molecule has 4 heterocycles. The van der Waals surface area contributed by atoms with E-state index in [-0.39, 0.29) is 33.8 Å². The molecule has 200 valence electrons. The highest BCUT2D eigenvalue weighted by molar-refractivity contribution is 8.01. The van der Waals surface area contributed by atoms with Crippen molar-refractivity contribution < 1.29 is 33.5 Å². The van der Waals surface area contributed by atoms with Gasteiger partial charge in [-0.1, -0.05) is 16.9 Å². The van der Waals surface area contributed by atoms with E-state index in [1.165, 1.54) is 37.2 Å². The van der Waals surface area contributed by atoms with Crippen LogP contribution in [0.5, 0.6) is 0 Å². The predicted molar refractivity (Wildman–Crippen MR) is 131 cm³/mol. The summed E-state index contributed by atoms with van der Waals surface area (Å²) in [6.45, 7) is -0.595. The van der Waals surface area contributed by atoms with Gasteiger partial charge in [0.2, 0.25) is 5.71 Å². The summed E-state index contributed by atoms with van der Waals surface area (Å²) in [5.74, 6) is -3.41. The average Bonchev–Trinajstić information content (AvgIpc) is 3.41. The Morgan fingerprint density at radius 3 is 2.82 bits per heavy atom. The number of nitrogens with one attached hydrogen (secondary N) is 2. The van der Waals surface area contributed by atoms with Gasteiger partial charge in [-0.15, -0.1) is 16.9 Å². The van der Waals surface area contributed by atoms with E-state index < -0.39 is 52.8 Å². The number of hydrogen-bond acceptors (Lipinski definition) is 12. The highest BCUT2D eigenvalue weighted by Gasteiger charge is 2.54. The molecule has 1 fully saturated rings. The first-order valence-corrected chi connectivity index (χ1v) is 12.6. The minimum atomic E-state index is -1.34. The monoisotopic (exact) mass is 565 g/mol. The number of aromatic amines is 1. The summed E-state index contributed by atoms with van der Waals surface area (Å²) in [4.78, 5) is 77.9. The van der Waals surface area contributed by atoms with Crippen LogP contribution in [0.3, 0.4) is 0 Å². The molecule has 0 radical (unpaired) electrons. The lowest BCUT2D eigenvalue weighted by Crippen LogP contribution is -2.71. The fourth-order valence-electron chi connectivity index (χ4n) is 3.52. The normalized spacial score (nSPS) is 19.0. The summed E-state index contributed by atoms with van der Waals surface area (Å²) in [6, 6.07) is 1.83. The van der Waals surface area contributed by atoms with Crippen molar-refractivity contribution in [2.75, 3.05) is 18.1 Å². The van der Waals surface area contributed by atoms with E-state index >= 15 is 0 Å². The summed E-state index contributed by atoms with van der Waals surface area (Å²) >= 11 is 2.24. The van der Waals surface area contributed by atoms with Crippen molar-refractivity contribution in [1.82, 2.24) is 25.0 Å². The Labute approximate surface area is 220 Å². The van der Waals surface area contributed by atoms with Crippen LogP contribution in [0.4, 0.5) is 0 Å². The van der Waals surface area contributed by atoms with Gasteiger partial charge in [0, 0.05) is 18.6 Å². The third kappa shape index (κ3) is 5.21. The number of carboxylic acids is 1. The van der Waals surface area contributed by atoms with Crippen molar-refractivity contribution in [2.24, 2.45) is 17.9 Å². The van der Waals surface area contributed by atoms with Crippen LogP contribution in [0.15, 0.2) is 54.0 Å². The number of carbonyl (C=O) groups excluding carboxylic acids is 3. The summed E-state index contributed by atoms with van der Waals surface area (Å²) in [6.07, 6.45) is 1.28. The number of furan rings is 1. The number of fused-ring (bicyclic) bond motifs is 1. The van der Waals surface area contributed by atoms with Crippen LogP contribution in [0.25, 0.3) is 0 Å². The van der Waals surface area contributed by atoms with E-state index in [9.17, 15) is 33.9 Å². The fourth-order valence-corrected chi connectivity index (χ4v) is 5.92. The van der Waals surface area contributed by atoms with E-state index in [4.69, 9.17) is 15.0 Å². The minimum Gasteiger partial charge on any atom is -0.477 e. The number of nitrogens with zero attached hydrogens (tertiary/aromatic N) is 4. The first-order chi connectivity index (χ1) is 18.1. The molecule has 38 heavy (non-hydrogen) atoms. The summed E-state index contributed by atoms with van der Waals surface area (Å²) < 4.78 is 6.20. The number of thioether (sulfide) groups is 2. The highest BCUT2D eigenvalue weighted by atomic mass is 32.2. The van der Waals surface area contributed by atoms with Gasteiger partial charge in [-0.25, -0.2) is 9.89 Å². The SMILES string of the molecule is Cn1c(SCC2=C(C(=O)O)N3C(=O)[C@@H](NC(=O)C(=NOCC(N)=O)c4ccco4)[C@@H]3SC2)n[nH]c(=O)c1=O. The van der Waals surface area contributed by atoms with Crippen LogP contribution >= 0.6 is 23.5 Å². The van der Waals surface area contributed by atoms with E-state index in [0.717, 1.165) is 21.2 Å². The molecule has 16 nitrogen and oxygen atoms in total. The quantitative estimate of drug-likeness (QED) is 0.0790. The van der Waals surface area contributed by atoms with Gasteiger partial charge in [-0.05, 0) is 17.7 Å². The predicted octanol–water partition coefficient (Wildman–Crippen LogP) is -2.20. The largest absolute Gasteiger partial charge is 0.477 e. The van der Waals surface area contributed by atoms with Crippen LogP contribution in [0.2, 0.25) is 0 Å². The molecular weight excluding hydrogens is 546 g/mol. The number of β-lactam (4-membered cyclic amide) rings is 1. The fraction of sp³-hybridized carbons (Fsp3) is 0.300. The lowest BCUT2D eigenvalue weighted by atomic mass is 10.0. The lowest BCUT2D eigenvalue weighted by Gasteiger charge is -2.49. The molecule has 0 spiro atoms. The number of aromatic nitrogens is 3. The van der Waals surface area contributed by atoms with E-state index in [1.807, 2.05) is 0 Å². The third-order valence-corrected chi connectivity index (χ3v) is 7.74. The van der Waals surface area contributed by atoms with Crippen LogP contribution in [-0.2, 0) is 31.1 Å². The molecule has 1 saturated heterocycles. The number of aliphatic carboxylic acids is 1. The Hall–Kier alpha value is -4.32. The number of oxime groups is 1. The van der Waals surface area contributed by atoms with Crippen molar-refractivity contribution in [3.05, 3.63) is 56.1 Å². The molecule has 0 bridgehead atoms. The van der Waals surface area contributed by atoms with Gasteiger partial charge < -0.3 is 25.4 Å². The molecule has 2 aromatic rings. The smallest absolute Gasteiger partial charge is 0.352 e. The van der Waals surface area contributed by atoms with Gasteiger partial charge in [0.05, 0.1) is 6.26 Å². The van der Waals surface area contributed by atoms with E-state index in [0.29, 0.717) is 5.57 Å². The molecule has 0 saturated carbocycles. The molecule has 2 aliphatic heterocycles. The number of H-pyrrole nitrogens is 1. The summed E-state index contributed by atoms with van der Waals surface area (Å²) in [7, 11) is 1.36. The molecule has 0 aliphatic carbocycles. The van der Waals surface area contributed by atoms with Gasteiger partial charge in [-0.3, -0.25) is 33.4 Å². The van der Waals surface area contributed by atoms with E-state index in [2.05, 4.69) is 20.7 Å². The van der Waals surface area contributed by atoms with Crippen LogP contribution in [-0.4, -0.2) is 83.7 Å². The van der Waals surface area contributed by atoms with Crippen LogP contribution in [0, 0.1) is 0 Å². The van der Waals surface area contributed by atoms with Crippen molar-refractivity contribution >= 4 is 52.9 Å². The second-order valence-corrected chi connectivity index (χ2v) is 9.81. The standard InChI is InChI=1S/C20H19N7O9S2/c1-26-17(32)15(30)23-24-20(26)38-7-8-6-37-18-12(16(31)27(18)13(8)19(33)34)22-14(29)11(9-3-2-4-35-9)25-36-5-10(21)28/h2-4,12,18H,5-7H2,1H3,(H2,21,28)(H,22,29)(H,23,30)(H,33,34)/t12-,18+/m1/s1.